The van der Waals surface area contributed by atoms with Crippen molar-refractivity contribution in [1.29, 1.82) is 0 Å². The summed E-state index contributed by atoms with van der Waals surface area (Å²) < 4.78 is 5.34. The summed E-state index contributed by atoms with van der Waals surface area (Å²) in [4.78, 5) is 62.3. The third-order valence-electron chi connectivity index (χ3n) is 9.64. The van der Waals surface area contributed by atoms with E-state index in [-0.39, 0.29) is 31.2 Å². The van der Waals surface area contributed by atoms with Crippen LogP contribution in [0.4, 0.5) is 0 Å². The predicted molar refractivity (Wildman–Crippen MR) is 187 cm³/mol. The van der Waals surface area contributed by atoms with Gasteiger partial charge >= 0.3 is 5.97 Å². The topological polar surface area (TPSA) is 169 Å². The van der Waals surface area contributed by atoms with E-state index < -0.39 is 41.4 Å². The molecule has 3 aliphatic rings. The maximum Gasteiger partial charge on any atom is 0.330 e. The molecule has 1 saturated carbocycles. The summed E-state index contributed by atoms with van der Waals surface area (Å²) in [5, 5.41) is 30.0. The van der Waals surface area contributed by atoms with E-state index in [2.05, 4.69) is 15.6 Å². The second-order valence-corrected chi connectivity index (χ2v) is 14.7. The molecular formula is C35H37N7O6S2. The molecule has 5 heterocycles. The van der Waals surface area contributed by atoms with Crippen molar-refractivity contribution in [2.75, 3.05) is 13.7 Å². The molecule has 15 heteroatoms. The van der Waals surface area contributed by atoms with E-state index in [0.29, 0.717) is 39.9 Å². The number of nitrogens with one attached hydrogen (secondary N) is 2. The van der Waals surface area contributed by atoms with E-state index in [1.165, 1.54) is 32.4 Å². The van der Waals surface area contributed by atoms with Gasteiger partial charge in [0.25, 0.3) is 5.91 Å². The normalized spacial score (nSPS) is 26.1. The first-order valence-corrected chi connectivity index (χ1v) is 18.4. The number of aromatic nitrogens is 4. The minimum absolute atomic E-state index is 0.0831. The van der Waals surface area contributed by atoms with Crippen LogP contribution in [-0.2, 0) is 14.4 Å². The lowest BCUT2D eigenvalue weighted by atomic mass is 10.0. The van der Waals surface area contributed by atoms with Gasteiger partial charge in [-0.15, -0.1) is 27.8 Å². The fraction of sp³-hybridized carbons (Fsp3) is 0.400. The maximum atomic E-state index is 14.5. The Balaban J connectivity index is 1.24. The quantitative estimate of drug-likeness (QED) is 0.232. The van der Waals surface area contributed by atoms with Crippen LogP contribution in [0.25, 0.3) is 22.0 Å². The minimum atomic E-state index is -1.43. The number of thiazole rings is 1. The van der Waals surface area contributed by atoms with Crippen LogP contribution in [0.3, 0.4) is 0 Å². The second-order valence-electron chi connectivity index (χ2n) is 12.8. The summed E-state index contributed by atoms with van der Waals surface area (Å²) in [6.45, 7) is 0.0831. The van der Waals surface area contributed by atoms with Gasteiger partial charge in [0.2, 0.25) is 11.8 Å². The molecule has 1 saturated heterocycles. The number of fused-ring (bicyclic) bond motifs is 2. The van der Waals surface area contributed by atoms with Crippen molar-refractivity contribution < 1.29 is 29.0 Å². The summed E-state index contributed by atoms with van der Waals surface area (Å²) in [5.41, 5.74) is 0.499. The SMILES string of the molecule is COc1ccc(-c2nn([C@@H]3C[C@H]4C(=O)N[C@]5(C(=O)O)C[C@@H]5/C=C\CCCCC[C@H](NC(=O)c5cccs5)C(=O)N4C3)nc2-c2nccs2)cc1. The van der Waals surface area contributed by atoms with Crippen molar-refractivity contribution in [3.8, 4) is 27.7 Å². The number of carboxylic acids is 1. The van der Waals surface area contributed by atoms with Crippen LogP contribution in [-0.4, -0.2) is 85.0 Å². The fourth-order valence-corrected chi connectivity index (χ4v) is 8.04. The molecule has 1 aliphatic carbocycles. The van der Waals surface area contributed by atoms with Crippen LogP contribution < -0.4 is 15.4 Å². The Morgan fingerprint density at radius 2 is 1.88 bits per heavy atom. The lowest BCUT2D eigenvalue weighted by molar-refractivity contribution is -0.145. The number of hydrogen-bond acceptors (Lipinski definition) is 10. The summed E-state index contributed by atoms with van der Waals surface area (Å²) in [6.07, 6.45) is 9.49. The standard InChI is InChI=1S/C35H37N7O6S2/c1-48-24-13-11-21(12-14-24)28-29(32-36-15-17-50-32)40-42(39-28)23-18-26-30(43)38-35(34(46)47)19-22(35)8-5-3-2-4-6-9-25(33(45)41(26)20-23)37-31(44)27-10-7-16-49-27/h5,7-8,10-17,22-23,25-26H,2-4,6,9,18-20H2,1H3,(H,37,44)(H,38,43)(H,46,47)/b8-5-/t22-,23+,25-,26-,35+/m0/s1. The number of aliphatic carboxylic acids is 1. The highest BCUT2D eigenvalue weighted by Gasteiger charge is 2.61. The average Bonchev–Trinajstić information content (AvgIpc) is 3.77. The van der Waals surface area contributed by atoms with Gasteiger partial charge in [-0.2, -0.15) is 9.90 Å². The van der Waals surface area contributed by atoms with Gasteiger partial charge < -0.3 is 25.4 Å². The lowest BCUT2D eigenvalue weighted by Crippen LogP contribution is -2.56. The van der Waals surface area contributed by atoms with E-state index in [4.69, 9.17) is 14.9 Å². The van der Waals surface area contributed by atoms with E-state index >= 15 is 0 Å². The van der Waals surface area contributed by atoms with Crippen molar-refractivity contribution in [2.24, 2.45) is 5.92 Å². The van der Waals surface area contributed by atoms with Gasteiger partial charge in [0, 0.05) is 36.0 Å². The maximum absolute atomic E-state index is 14.5. The van der Waals surface area contributed by atoms with E-state index in [1.807, 2.05) is 41.8 Å². The Morgan fingerprint density at radius 3 is 2.60 bits per heavy atom. The van der Waals surface area contributed by atoms with Gasteiger partial charge in [-0.05, 0) is 61.4 Å². The lowest BCUT2D eigenvalue weighted by Gasteiger charge is -2.29. The monoisotopic (exact) mass is 715 g/mol. The van der Waals surface area contributed by atoms with Crippen LogP contribution >= 0.6 is 22.7 Å². The minimum Gasteiger partial charge on any atom is -0.497 e. The van der Waals surface area contributed by atoms with Gasteiger partial charge in [0.05, 0.1) is 18.0 Å². The van der Waals surface area contributed by atoms with Crippen molar-refractivity contribution in [2.45, 2.75) is 68.6 Å². The average molecular weight is 716 g/mol. The number of thiophene rings is 1. The molecule has 2 aliphatic heterocycles. The zero-order chi connectivity index (χ0) is 34.8. The number of nitrogens with zero attached hydrogens (tertiary/aromatic N) is 5. The number of allylic oxidation sites excluding steroid dienone is 1. The highest BCUT2D eigenvalue weighted by molar-refractivity contribution is 7.13. The first-order chi connectivity index (χ1) is 24.3. The smallest absolute Gasteiger partial charge is 0.330 e. The molecule has 1 aromatic carbocycles. The van der Waals surface area contributed by atoms with Gasteiger partial charge in [-0.25, -0.2) is 9.78 Å². The number of rotatable bonds is 7. The largest absolute Gasteiger partial charge is 0.497 e. The van der Waals surface area contributed by atoms with Crippen molar-refractivity contribution in [1.82, 2.24) is 35.5 Å². The zero-order valence-corrected chi connectivity index (χ0v) is 29.0. The van der Waals surface area contributed by atoms with Crippen molar-refractivity contribution >= 4 is 46.4 Å². The third kappa shape index (κ3) is 6.66. The van der Waals surface area contributed by atoms with E-state index in [9.17, 15) is 24.3 Å². The zero-order valence-electron chi connectivity index (χ0n) is 27.4. The van der Waals surface area contributed by atoms with Gasteiger partial charge in [-0.1, -0.05) is 31.1 Å². The summed E-state index contributed by atoms with van der Waals surface area (Å²) in [6, 6.07) is 8.48. The molecule has 3 N–H and O–H groups in total. The molecule has 2 fully saturated rings. The molecule has 4 aromatic rings. The molecule has 0 radical (unpaired) electrons. The Bertz CT molecular complexity index is 1890. The summed E-state index contributed by atoms with van der Waals surface area (Å²) in [7, 11) is 1.59. The van der Waals surface area contributed by atoms with Crippen LogP contribution in [0.5, 0.6) is 5.75 Å². The Kier molecular flexibility index (Phi) is 9.51. The molecule has 0 spiro atoms. The number of carboxylic acid groups (broad SMARTS) is 1. The molecule has 50 heavy (non-hydrogen) atoms. The molecule has 260 valence electrons. The molecule has 0 unspecified atom stereocenters. The van der Waals surface area contributed by atoms with Crippen LogP contribution in [0, 0.1) is 5.92 Å². The number of amides is 3. The summed E-state index contributed by atoms with van der Waals surface area (Å²) >= 11 is 2.70. The van der Waals surface area contributed by atoms with Crippen molar-refractivity contribution in [3.05, 3.63) is 70.4 Å². The highest BCUT2D eigenvalue weighted by atomic mass is 32.1. The molecule has 3 aromatic heterocycles. The van der Waals surface area contributed by atoms with Gasteiger partial charge in [0.1, 0.15) is 39.8 Å². The van der Waals surface area contributed by atoms with Crippen molar-refractivity contribution in [3.63, 3.8) is 0 Å². The Morgan fingerprint density at radius 1 is 1.06 bits per heavy atom. The molecule has 7 rings (SSSR count). The fourth-order valence-electron chi connectivity index (χ4n) is 6.80. The number of carbonyl (C=O) groups excluding carboxylic acids is 3. The van der Waals surface area contributed by atoms with E-state index in [1.54, 1.807) is 30.8 Å². The number of carbonyl (C=O) groups is 4. The van der Waals surface area contributed by atoms with Crippen LogP contribution in [0.2, 0.25) is 0 Å². The molecule has 5 atom stereocenters. The molecule has 13 nitrogen and oxygen atoms in total. The third-order valence-corrected chi connectivity index (χ3v) is 11.3. The summed E-state index contributed by atoms with van der Waals surface area (Å²) in [5.74, 6) is -2.06. The van der Waals surface area contributed by atoms with Crippen LogP contribution in [0.1, 0.15) is 60.7 Å². The highest BCUT2D eigenvalue weighted by Crippen LogP contribution is 2.46. The number of ether oxygens (including phenoxy) is 1. The van der Waals surface area contributed by atoms with Gasteiger partial charge in [0.15, 0.2) is 0 Å². The second kappa shape index (κ2) is 14.2. The number of methoxy groups -OCH3 is 1. The first-order valence-electron chi connectivity index (χ1n) is 16.7. The first kappa shape index (κ1) is 33.6. The van der Waals surface area contributed by atoms with E-state index in [0.717, 1.165) is 24.8 Å². The molecule has 3 amide bonds. The van der Waals surface area contributed by atoms with Crippen LogP contribution in [0.15, 0.2) is 65.5 Å². The Labute approximate surface area is 296 Å². The van der Waals surface area contributed by atoms with Gasteiger partial charge in [-0.3, -0.25) is 14.4 Å². The Hall–Kier alpha value is -4.89. The number of hydrogen-bond donors (Lipinski definition) is 3. The molecule has 0 bridgehead atoms. The molecular weight excluding hydrogens is 679 g/mol. The predicted octanol–water partition coefficient (Wildman–Crippen LogP) is 4.56. The number of benzene rings is 1.